The summed E-state index contributed by atoms with van der Waals surface area (Å²) in [6, 6.07) is 19.9. The Labute approximate surface area is 379 Å². The van der Waals surface area contributed by atoms with E-state index in [2.05, 4.69) is 36.0 Å². The number of hydrogen-bond donors (Lipinski definition) is 6. The Kier molecular flexibility index (Phi) is 19.0. The van der Waals surface area contributed by atoms with Gasteiger partial charge in [0.1, 0.15) is 43.1 Å². The topological polar surface area (TPSA) is 264 Å². The van der Waals surface area contributed by atoms with Crippen molar-refractivity contribution in [1.82, 2.24) is 35.5 Å². The number of benzene rings is 3. The summed E-state index contributed by atoms with van der Waals surface area (Å²) in [5, 5.41) is 10.4. The van der Waals surface area contributed by atoms with Crippen LogP contribution in [0.25, 0.3) is 0 Å². The molecule has 65 heavy (non-hydrogen) atoms. The summed E-state index contributed by atoms with van der Waals surface area (Å²) < 4.78 is 45.9. The SMILES string of the molecule is Cc1ccc(S(=O)(=O)NC(N)=NCCC[C@H](NC(=O)OC(C)(C)C)C(=O)N[C@H](C)C(=O)N[C@@H](Cc2cn(COCc3ccccc3)cn2)C(=O)N[C@H](C)C(=O)OCc2ccccc2)cc1. The van der Waals surface area contributed by atoms with Gasteiger partial charge in [-0.1, -0.05) is 78.4 Å². The second-order valence-electron chi connectivity index (χ2n) is 16.2. The number of nitrogens with two attached hydrogens (primary N) is 1. The number of nitrogens with one attached hydrogen (secondary N) is 5. The molecular weight excluding hydrogens is 859 g/mol. The first-order valence-corrected chi connectivity index (χ1v) is 22.4. The van der Waals surface area contributed by atoms with E-state index in [1.54, 1.807) is 67.9 Å². The second kappa shape index (κ2) is 24.3. The fourth-order valence-corrected chi connectivity index (χ4v) is 6.86. The number of sulfonamides is 1. The summed E-state index contributed by atoms with van der Waals surface area (Å²) in [5.74, 6) is -3.33. The lowest BCUT2D eigenvalue weighted by Gasteiger charge is -2.25. The molecule has 0 saturated heterocycles. The number of nitrogens with zero attached hydrogens (tertiary/aromatic N) is 3. The number of aromatic nitrogens is 2. The maximum Gasteiger partial charge on any atom is 0.408 e. The van der Waals surface area contributed by atoms with Crippen molar-refractivity contribution >= 4 is 45.8 Å². The molecule has 4 amide bonds. The normalized spacial score (nSPS) is 13.6. The fraction of sp³-hybridized carbons (Fsp3) is 0.400. The number of carbonyl (C=O) groups is 5. The van der Waals surface area contributed by atoms with E-state index in [0.29, 0.717) is 12.3 Å². The van der Waals surface area contributed by atoms with E-state index in [0.717, 1.165) is 16.7 Å². The summed E-state index contributed by atoms with van der Waals surface area (Å²) in [5.41, 5.74) is 7.99. The maximum absolute atomic E-state index is 13.8. The van der Waals surface area contributed by atoms with Gasteiger partial charge in [-0.25, -0.2) is 27.7 Å². The molecule has 3 aromatic carbocycles. The van der Waals surface area contributed by atoms with Gasteiger partial charge in [-0.05, 0) is 77.6 Å². The van der Waals surface area contributed by atoms with Gasteiger partial charge in [0.25, 0.3) is 10.0 Å². The molecule has 20 heteroatoms. The summed E-state index contributed by atoms with van der Waals surface area (Å²) in [4.78, 5) is 75.2. The number of carbonyl (C=O) groups excluding carboxylic acids is 5. The Morgan fingerprint density at radius 2 is 1.38 bits per heavy atom. The number of amides is 4. The molecule has 19 nitrogen and oxygen atoms in total. The number of esters is 1. The number of aliphatic imine (C=N–C) groups is 1. The number of aryl methyl sites for hydroxylation is 1. The van der Waals surface area contributed by atoms with Crippen molar-refractivity contribution in [3.8, 4) is 0 Å². The smallest absolute Gasteiger partial charge is 0.408 e. The predicted molar refractivity (Wildman–Crippen MR) is 241 cm³/mol. The van der Waals surface area contributed by atoms with Crippen molar-refractivity contribution in [2.45, 2.75) is 115 Å². The average Bonchev–Trinajstić information content (AvgIpc) is 3.70. The van der Waals surface area contributed by atoms with Crippen LogP contribution in [0.4, 0.5) is 4.79 Å². The molecule has 0 radical (unpaired) electrons. The highest BCUT2D eigenvalue weighted by atomic mass is 32.2. The molecule has 0 bridgehead atoms. The lowest BCUT2D eigenvalue weighted by atomic mass is 10.1. The molecule has 1 aromatic heterocycles. The number of alkyl carbamates (subject to hydrolysis) is 1. The summed E-state index contributed by atoms with van der Waals surface area (Å²) in [6.07, 6.45) is 2.28. The van der Waals surface area contributed by atoms with Crippen molar-refractivity contribution in [1.29, 1.82) is 0 Å². The zero-order valence-corrected chi connectivity index (χ0v) is 38.2. The molecule has 350 valence electrons. The first kappa shape index (κ1) is 50.8. The first-order chi connectivity index (χ1) is 30.8. The molecule has 7 N–H and O–H groups in total. The van der Waals surface area contributed by atoms with E-state index in [9.17, 15) is 32.4 Å². The second-order valence-corrected chi connectivity index (χ2v) is 17.9. The minimum atomic E-state index is -4.00. The van der Waals surface area contributed by atoms with Crippen LogP contribution in [0.1, 0.15) is 69.8 Å². The minimum absolute atomic E-state index is 0.00512. The summed E-state index contributed by atoms with van der Waals surface area (Å²) >= 11 is 0. The van der Waals surface area contributed by atoms with Gasteiger partial charge >= 0.3 is 12.1 Å². The third-order valence-corrected chi connectivity index (χ3v) is 10.7. The van der Waals surface area contributed by atoms with Gasteiger partial charge < -0.3 is 45.8 Å². The quantitative estimate of drug-likeness (QED) is 0.0288. The number of guanidine groups is 1. The molecule has 0 aliphatic heterocycles. The number of imidazole rings is 1. The molecule has 0 unspecified atom stereocenters. The van der Waals surface area contributed by atoms with Crippen LogP contribution in [-0.4, -0.2) is 90.0 Å². The van der Waals surface area contributed by atoms with Crippen molar-refractivity contribution in [2.24, 2.45) is 10.7 Å². The van der Waals surface area contributed by atoms with Crippen LogP contribution in [0.2, 0.25) is 0 Å². The fourth-order valence-electron chi connectivity index (χ4n) is 5.91. The Hall–Kier alpha value is -6.80. The predicted octanol–water partition coefficient (Wildman–Crippen LogP) is 3.11. The van der Waals surface area contributed by atoms with Crippen LogP contribution >= 0.6 is 0 Å². The molecule has 4 rings (SSSR count). The Balaban J connectivity index is 1.42. The maximum atomic E-state index is 13.8. The van der Waals surface area contributed by atoms with Gasteiger partial charge in [0.15, 0.2) is 0 Å². The van der Waals surface area contributed by atoms with E-state index in [1.165, 1.54) is 32.3 Å². The van der Waals surface area contributed by atoms with Gasteiger partial charge in [0.05, 0.1) is 23.5 Å². The number of ether oxygens (including phenoxy) is 3. The van der Waals surface area contributed by atoms with Gasteiger partial charge in [-0.15, -0.1) is 0 Å². The standard InChI is InChI=1S/C45H59N9O10S/c1-30-19-21-36(22-20-30)65(60,61)53-43(46)47-23-13-18-37(52-44(59)64-45(4,5)6)40(56)49-31(2)39(55)51-38(41(57)50-32(3)42(58)63-27-34-16-11-8-12-17-34)24-35-25-54(28-48-35)29-62-26-33-14-9-7-10-15-33/h7-12,14-17,19-22,25,28,31-32,37-38H,13,18,23-24,26-27,29H2,1-6H3,(H,49,56)(H,50,57)(H,51,55)(H,52,59)(H3,46,47,53)/t31-,32-,37+,38+/m1/s1. The minimum Gasteiger partial charge on any atom is -0.459 e. The van der Waals surface area contributed by atoms with Crippen LogP contribution in [-0.2, 0) is 69.8 Å². The highest BCUT2D eigenvalue weighted by molar-refractivity contribution is 7.90. The number of rotatable bonds is 22. The largest absolute Gasteiger partial charge is 0.459 e. The van der Waals surface area contributed by atoms with Crippen molar-refractivity contribution in [3.05, 3.63) is 120 Å². The lowest BCUT2D eigenvalue weighted by molar-refractivity contribution is -0.148. The Bertz CT molecular complexity index is 2340. The summed E-state index contributed by atoms with van der Waals surface area (Å²) in [7, 11) is -4.00. The summed E-state index contributed by atoms with van der Waals surface area (Å²) in [6.45, 7) is 10.1. The van der Waals surface area contributed by atoms with Gasteiger partial charge in [-0.3, -0.25) is 19.4 Å². The van der Waals surface area contributed by atoms with E-state index in [4.69, 9.17) is 19.9 Å². The van der Waals surface area contributed by atoms with Crippen LogP contribution in [0, 0.1) is 6.92 Å². The van der Waals surface area contributed by atoms with Gasteiger partial charge in [-0.2, -0.15) is 0 Å². The molecular formula is C45H59N9O10S. The Morgan fingerprint density at radius 3 is 2.02 bits per heavy atom. The van der Waals surface area contributed by atoms with Gasteiger partial charge in [0.2, 0.25) is 23.7 Å². The van der Waals surface area contributed by atoms with Gasteiger partial charge in [0, 0.05) is 19.2 Å². The van der Waals surface area contributed by atoms with E-state index < -0.39 is 69.6 Å². The van der Waals surface area contributed by atoms with Crippen LogP contribution in [0.3, 0.4) is 0 Å². The number of hydrogen-bond acceptors (Lipinski definition) is 12. The van der Waals surface area contributed by atoms with Crippen LogP contribution in [0.5, 0.6) is 0 Å². The van der Waals surface area contributed by atoms with Crippen LogP contribution in [0.15, 0.2) is 107 Å². The van der Waals surface area contributed by atoms with E-state index >= 15 is 0 Å². The molecule has 0 fully saturated rings. The highest BCUT2D eigenvalue weighted by Gasteiger charge is 2.30. The van der Waals surface area contributed by atoms with Crippen molar-refractivity contribution in [2.75, 3.05) is 6.54 Å². The third-order valence-electron chi connectivity index (χ3n) is 9.28. The zero-order valence-electron chi connectivity index (χ0n) is 37.4. The molecule has 4 atom stereocenters. The molecule has 0 aliphatic rings. The van der Waals surface area contributed by atoms with Crippen molar-refractivity contribution in [3.63, 3.8) is 0 Å². The monoisotopic (exact) mass is 917 g/mol. The zero-order chi connectivity index (χ0) is 47.6. The van der Waals surface area contributed by atoms with Crippen LogP contribution < -0.4 is 31.7 Å². The Morgan fingerprint density at radius 1 is 0.785 bits per heavy atom. The molecule has 4 aromatic rings. The highest BCUT2D eigenvalue weighted by Crippen LogP contribution is 2.12. The first-order valence-electron chi connectivity index (χ1n) is 20.9. The lowest BCUT2D eigenvalue weighted by Crippen LogP contribution is -2.57. The van der Waals surface area contributed by atoms with E-state index in [-0.39, 0.29) is 50.0 Å². The molecule has 1 heterocycles. The molecule has 0 aliphatic carbocycles. The van der Waals surface area contributed by atoms with E-state index in [1.807, 2.05) is 43.3 Å². The third kappa shape index (κ3) is 18.1. The molecule has 0 saturated carbocycles. The average molecular weight is 918 g/mol. The van der Waals surface area contributed by atoms with Crippen molar-refractivity contribution < 1.29 is 46.6 Å². The molecule has 0 spiro atoms.